The maximum absolute atomic E-state index is 14.1. The molecular weight excluding hydrogens is 376 g/mol. The number of aromatic nitrogens is 2. The number of ether oxygens (including phenoxy) is 1. The molecule has 1 aliphatic carbocycles. The number of amides is 1. The summed E-state index contributed by atoms with van der Waals surface area (Å²) in [4.78, 5) is 14.9. The fourth-order valence-electron chi connectivity index (χ4n) is 4.31. The largest absolute Gasteiger partial charge is 0.496 e. The van der Waals surface area contributed by atoms with Crippen molar-refractivity contribution >= 4 is 5.91 Å². The Hall–Kier alpha value is -2.44. The normalized spacial score (nSPS) is 19.6. The Kier molecular flexibility index (Phi) is 5.09. The van der Waals surface area contributed by atoms with Crippen LogP contribution in [0.25, 0.3) is 0 Å². The molecule has 0 radical (unpaired) electrons. The summed E-state index contributed by atoms with van der Waals surface area (Å²) in [5.41, 5.74) is 2.56. The minimum absolute atomic E-state index is 0.0679. The number of carbonyl (C=O) groups excluding carboxylic acids is 1. The SMILES string of the molecule is COc1cccc(C2CCCN2C(=O)Cn2nc(C3CC3)cc2C(C)(F)F)c1C. The van der Waals surface area contributed by atoms with Crippen LogP contribution in [0.3, 0.4) is 0 Å². The zero-order chi connectivity index (χ0) is 20.8. The molecule has 156 valence electrons. The molecule has 4 rings (SSSR count). The van der Waals surface area contributed by atoms with Crippen LogP contribution in [0.15, 0.2) is 24.3 Å². The summed E-state index contributed by atoms with van der Waals surface area (Å²) in [6, 6.07) is 7.24. The van der Waals surface area contributed by atoms with E-state index in [0.29, 0.717) is 12.2 Å². The number of halogens is 2. The topological polar surface area (TPSA) is 47.4 Å². The van der Waals surface area contributed by atoms with Gasteiger partial charge >= 0.3 is 0 Å². The Morgan fingerprint density at radius 2 is 2.07 bits per heavy atom. The van der Waals surface area contributed by atoms with Gasteiger partial charge in [-0.2, -0.15) is 13.9 Å². The number of alkyl halides is 2. The van der Waals surface area contributed by atoms with E-state index >= 15 is 0 Å². The molecule has 1 aliphatic heterocycles. The molecule has 1 unspecified atom stereocenters. The van der Waals surface area contributed by atoms with Gasteiger partial charge in [0.15, 0.2) is 0 Å². The van der Waals surface area contributed by atoms with Crippen LogP contribution in [0.5, 0.6) is 5.75 Å². The van der Waals surface area contributed by atoms with Crippen LogP contribution < -0.4 is 4.74 Å². The van der Waals surface area contributed by atoms with Gasteiger partial charge in [0.1, 0.15) is 18.0 Å². The summed E-state index contributed by atoms with van der Waals surface area (Å²) in [5.74, 6) is -2.17. The van der Waals surface area contributed by atoms with Gasteiger partial charge in [-0.15, -0.1) is 0 Å². The fourth-order valence-corrected chi connectivity index (χ4v) is 4.31. The summed E-state index contributed by atoms with van der Waals surface area (Å²) < 4.78 is 34.9. The number of benzene rings is 1. The van der Waals surface area contributed by atoms with Gasteiger partial charge in [-0.05, 0) is 55.9 Å². The first-order valence-electron chi connectivity index (χ1n) is 10.2. The van der Waals surface area contributed by atoms with Crippen LogP contribution in [0.2, 0.25) is 0 Å². The molecule has 0 spiro atoms. The molecule has 2 aliphatic rings. The van der Waals surface area contributed by atoms with Gasteiger partial charge < -0.3 is 9.64 Å². The van der Waals surface area contributed by atoms with E-state index in [-0.39, 0.29) is 30.1 Å². The molecule has 29 heavy (non-hydrogen) atoms. The molecular formula is C22H27F2N3O2. The van der Waals surface area contributed by atoms with Gasteiger partial charge in [0.2, 0.25) is 5.91 Å². The summed E-state index contributed by atoms with van der Waals surface area (Å²) in [6.45, 7) is 3.31. The van der Waals surface area contributed by atoms with Crippen molar-refractivity contribution in [1.82, 2.24) is 14.7 Å². The van der Waals surface area contributed by atoms with Crippen molar-refractivity contribution in [3.8, 4) is 5.75 Å². The number of hydrogen-bond acceptors (Lipinski definition) is 3. The van der Waals surface area contributed by atoms with Crippen LogP contribution in [-0.2, 0) is 17.3 Å². The van der Waals surface area contributed by atoms with E-state index < -0.39 is 5.92 Å². The molecule has 1 atom stereocenters. The van der Waals surface area contributed by atoms with Crippen LogP contribution in [0, 0.1) is 6.92 Å². The molecule has 1 amide bonds. The summed E-state index contributed by atoms with van der Waals surface area (Å²) >= 11 is 0. The van der Waals surface area contributed by atoms with E-state index in [0.717, 1.165) is 49.5 Å². The van der Waals surface area contributed by atoms with E-state index in [1.54, 1.807) is 12.0 Å². The van der Waals surface area contributed by atoms with Crippen LogP contribution in [-0.4, -0.2) is 34.2 Å². The highest BCUT2D eigenvalue weighted by atomic mass is 19.3. The Morgan fingerprint density at radius 3 is 2.72 bits per heavy atom. The Balaban J connectivity index is 1.59. The average Bonchev–Trinajstić information content (AvgIpc) is 3.24. The van der Waals surface area contributed by atoms with Gasteiger partial charge in [-0.25, -0.2) is 0 Å². The van der Waals surface area contributed by atoms with Crippen molar-refractivity contribution in [2.75, 3.05) is 13.7 Å². The third-order valence-electron chi connectivity index (χ3n) is 6.01. The first-order chi connectivity index (χ1) is 13.8. The van der Waals surface area contributed by atoms with E-state index in [9.17, 15) is 13.6 Å². The van der Waals surface area contributed by atoms with Gasteiger partial charge in [0.25, 0.3) is 5.92 Å². The minimum Gasteiger partial charge on any atom is -0.496 e. The van der Waals surface area contributed by atoms with Crippen LogP contribution >= 0.6 is 0 Å². The predicted octanol–water partition coefficient (Wildman–Crippen LogP) is 4.55. The number of carbonyl (C=O) groups is 1. The third-order valence-corrected chi connectivity index (χ3v) is 6.01. The van der Waals surface area contributed by atoms with Gasteiger partial charge in [-0.3, -0.25) is 9.48 Å². The van der Waals surface area contributed by atoms with Crippen LogP contribution in [0.4, 0.5) is 8.78 Å². The van der Waals surface area contributed by atoms with E-state index in [1.165, 1.54) is 10.7 Å². The smallest absolute Gasteiger partial charge is 0.286 e. The summed E-state index contributed by atoms with van der Waals surface area (Å²) in [6.07, 6.45) is 3.69. The Bertz CT molecular complexity index is 915. The van der Waals surface area contributed by atoms with Gasteiger partial charge in [0.05, 0.1) is 18.8 Å². The van der Waals surface area contributed by atoms with Crippen molar-refractivity contribution in [3.05, 3.63) is 46.8 Å². The minimum atomic E-state index is -3.03. The van der Waals surface area contributed by atoms with Gasteiger partial charge in [0, 0.05) is 19.4 Å². The maximum atomic E-state index is 14.1. The zero-order valence-corrected chi connectivity index (χ0v) is 17.1. The lowest BCUT2D eigenvalue weighted by molar-refractivity contribution is -0.133. The lowest BCUT2D eigenvalue weighted by atomic mass is 9.98. The molecule has 5 nitrogen and oxygen atoms in total. The fraction of sp³-hybridized carbons (Fsp3) is 0.545. The Labute approximate surface area is 169 Å². The number of methoxy groups -OCH3 is 1. The number of likely N-dealkylation sites (tertiary alicyclic amines) is 1. The molecule has 1 saturated heterocycles. The third kappa shape index (κ3) is 3.87. The molecule has 1 saturated carbocycles. The van der Waals surface area contributed by atoms with E-state index in [4.69, 9.17) is 4.74 Å². The molecule has 0 N–H and O–H groups in total. The zero-order valence-electron chi connectivity index (χ0n) is 17.1. The number of hydrogen-bond donors (Lipinski definition) is 0. The quantitative estimate of drug-likeness (QED) is 0.711. The molecule has 2 heterocycles. The molecule has 1 aromatic carbocycles. The van der Waals surface area contributed by atoms with Crippen molar-refractivity contribution in [3.63, 3.8) is 0 Å². The monoisotopic (exact) mass is 403 g/mol. The predicted molar refractivity (Wildman–Crippen MR) is 105 cm³/mol. The van der Waals surface area contributed by atoms with Crippen molar-refractivity contribution in [1.29, 1.82) is 0 Å². The lowest BCUT2D eigenvalue weighted by Crippen LogP contribution is -2.35. The highest BCUT2D eigenvalue weighted by Crippen LogP contribution is 2.41. The molecule has 1 aromatic heterocycles. The van der Waals surface area contributed by atoms with Crippen molar-refractivity contribution < 1.29 is 18.3 Å². The highest BCUT2D eigenvalue weighted by Gasteiger charge is 2.36. The average molecular weight is 403 g/mol. The standard InChI is InChI=1S/C22H27F2N3O2/c1-14-16(6-4-8-19(14)29-3)18-7-5-11-26(18)21(28)13-27-20(22(2,23)24)12-17(25-27)15-9-10-15/h4,6,8,12,15,18H,5,7,9-11,13H2,1-3H3. The second-order valence-corrected chi connectivity index (χ2v) is 8.19. The molecule has 2 aromatic rings. The maximum Gasteiger partial charge on any atom is 0.286 e. The second kappa shape index (κ2) is 7.43. The molecule has 2 fully saturated rings. The Morgan fingerprint density at radius 1 is 1.31 bits per heavy atom. The van der Waals surface area contributed by atoms with Crippen molar-refractivity contribution in [2.45, 2.75) is 64.0 Å². The molecule has 7 heteroatoms. The second-order valence-electron chi connectivity index (χ2n) is 8.19. The summed E-state index contributed by atoms with van der Waals surface area (Å²) in [7, 11) is 1.63. The van der Waals surface area contributed by atoms with Crippen molar-refractivity contribution in [2.24, 2.45) is 0 Å². The van der Waals surface area contributed by atoms with Gasteiger partial charge in [-0.1, -0.05) is 12.1 Å². The number of nitrogens with zero attached hydrogens (tertiary/aromatic N) is 3. The number of rotatable bonds is 6. The lowest BCUT2D eigenvalue weighted by Gasteiger charge is -2.27. The molecule has 0 bridgehead atoms. The first-order valence-corrected chi connectivity index (χ1v) is 10.2. The first kappa shape index (κ1) is 19.9. The van der Waals surface area contributed by atoms with E-state index in [2.05, 4.69) is 5.10 Å². The van der Waals surface area contributed by atoms with Crippen LogP contribution in [0.1, 0.15) is 67.1 Å². The van der Waals surface area contributed by atoms with E-state index in [1.807, 2.05) is 25.1 Å². The summed E-state index contributed by atoms with van der Waals surface area (Å²) in [5, 5.41) is 4.36. The highest BCUT2D eigenvalue weighted by molar-refractivity contribution is 5.77.